The third-order valence-electron chi connectivity index (χ3n) is 4.86. The first kappa shape index (κ1) is 15.9. The highest BCUT2D eigenvalue weighted by molar-refractivity contribution is 9.10. The number of pyridine rings is 1. The molecular weight excluding hydrogens is 370 g/mol. The smallest absolute Gasteiger partial charge is 0.227 e. The Morgan fingerprint density at radius 2 is 2.21 bits per heavy atom. The lowest BCUT2D eigenvalue weighted by Gasteiger charge is -2.27. The van der Waals surface area contributed by atoms with E-state index in [-0.39, 0.29) is 17.9 Å². The molecule has 1 aliphatic heterocycles. The lowest BCUT2D eigenvalue weighted by atomic mass is 10.1. The molecule has 24 heavy (non-hydrogen) atoms. The summed E-state index contributed by atoms with van der Waals surface area (Å²) >= 11 is 3.65. The van der Waals surface area contributed by atoms with Crippen molar-refractivity contribution in [2.75, 3.05) is 23.3 Å². The lowest BCUT2D eigenvalue weighted by molar-refractivity contribution is -0.117. The van der Waals surface area contributed by atoms with Crippen LogP contribution in [0.25, 0.3) is 11.0 Å². The molecule has 128 valence electrons. The summed E-state index contributed by atoms with van der Waals surface area (Å²) in [5.74, 6) is 0.277. The van der Waals surface area contributed by atoms with Gasteiger partial charge in [0.2, 0.25) is 5.91 Å². The summed E-state index contributed by atoms with van der Waals surface area (Å²) in [6.45, 7) is 1.78. The monoisotopic (exact) mass is 391 g/mol. The topological polar surface area (TPSA) is 87.0 Å². The fourth-order valence-corrected chi connectivity index (χ4v) is 3.97. The zero-order valence-corrected chi connectivity index (χ0v) is 15.1. The van der Waals surface area contributed by atoms with Crippen molar-refractivity contribution in [3.05, 3.63) is 16.9 Å². The number of nitrogens with one attached hydrogen (secondary N) is 2. The molecule has 1 amide bonds. The molecule has 7 heteroatoms. The van der Waals surface area contributed by atoms with Crippen LogP contribution in [-0.4, -0.2) is 35.0 Å². The molecule has 1 saturated carbocycles. The quantitative estimate of drug-likeness (QED) is 0.750. The van der Waals surface area contributed by atoms with E-state index in [0.29, 0.717) is 0 Å². The van der Waals surface area contributed by atoms with E-state index in [1.165, 1.54) is 0 Å². The predicted molar refractivity (Wildman–Crippen MR) is 99.2 cm³/mol. The van der Waals surface area contributed by atoms with Crippen molar-refractivity contribution < 1.29 is 4.79 Å². The van der Waals surface area contributed by atoms with E-state index in [2.05, 4.69) is 36.1 Å². The number of carbonyl (C=O) groups is 1. The van der Waals surface area contributed by atoms with E-state index in [4.69, 9.17) is 5.73 Å². The molecule has 6 nitrogen and oxygen atoms in total. The fourth-order valence-electron chi connectivity index (χ4n) is 3.42. The summed E-state index contributed by atoms with van der Waals surface area (Å²) < 4.78 is 0.936. The number of amides is 1. The highest BCUT2D eigenvalue weighted by atomic mass is 79.9. The molecule has 4 rings (SSSR count). The first-order chi connectivity index (χ1) is 11.6. The van der Waals surface area contributed by atoms with Crippen LogP contribution in [0.2, 0.25) is 0 Å². The number of halogens is 1. The minimum atomic E-state index is 0.106. The van der Waals surface area contributed by atoms with Crippen LogP contribution in [0.15, 0.2) is 16.9 Å². The summed E-state index contributed by atoms with van der Waals surface area (Å²) in [4.78, 5) is 22.2. The number of hydrogen-bond donors (Lipinski definition) is 3. The van der Waals surface area contributed by atoms with Crippen LogP contribution in [0.3, 0.4) is 0 Å². The van der Waals surface area contributed by atoms with Gasteiger partial charge in [-0.1, -0.05) is 6.42 Å². The van der Waals surface area contributed by atoms with Crippen molar-refractivity contribution in [1.82, 2.24) is 9.97 Å². The van der Waals surface area contributed by atoms with Gasteiger partial charge in [0.05, 0.1) is 21.2 Å². The number of hydrogen-bond acceptors (Lipinski definition) is 4. The number of nitrogens with two attached hydrogens (primary N) is 1. The molecule has 2 aliphatic rings. The minimum Gasteiger partial charge on any atom is -0.368 e. The Labute approximate surface area is 149 Å². The molecule has 0 radical (unpaired) electrons. The number of carbonyl (C=O) groups excluding carboxylic acids is 1. The second-order valence-corrected chi connectivity index (χ2v) is 7.70. The molecule has 1 saturated heterocycles. The molecule has 1 aliphatic carbocycles. The lowest BCUT2D eigenvalue weighted by Crippen LogP contribution is -2.36. The molecular formula is C17H22BrN5O. The average molecular weight is 392 g/mol. The Morgan fingerprint density at radius 1 is 1.38 bits per heavy atom. The van der Waals surface area contributed by atoms with Gasteiger partial charge in [0.25, 0.3) is 0 Å². The summed E-state index contributed by atoms with van der Waals surface area (Å²) in [7, 11) is 0. The van der Waals surface area contributed by atoms with E-state index in [0.717, 1.165) is 72.1 Å². The van der Waals surface area contributed by atoms with Crippen molar-refractivity contribution in [2.24, 2.45) is 11.7 Å². The first-order valence-corrected chi connectivity index (χ1v) is 9.39. The predicted octanol–water partition coefficient (Wildman–Crippen LogP) is 2.99. The van der Waals surface area contributed by atoms with Gasteiger partial charge in [-0.25, -0.2) is 4.98 Å². The van der Waals surface area contributed by atoms with Gasteiger partial charge in [0.1, 0.15) is 5.65 Å². The maximum absolute atomic E-state index is 12.2. The number of aromatic nitrogens is 2. The maximum atomic E-state index is 12.2. The normalized spacial score (nSPS) is 21.8. The highest BCUT2D eigenvalue weighted by Crippen LogP contribution is 2.39. The Hall–Kier alpha value is -1.60. The Balaban J connectivity index is 1.76. The maximum Gasteiger partial charge on any atom is 0.227 e. The van der Waals surface area contributed by atoms with Gasteiger partial charge in [0, 0.05) is 37.4 Å². The molecule has 0 spiro atoms. The zero-order valence-electron chi connectivity index (χ0n) is 13.5. The molecule has 0 aromatic carbocycles. The number of H-pyrrole nitrogens is 1. The van der Waals surface area contributed by atoms with Gasteiger partial charge in [-0.3, -0.25) is 4.79 Å². The van der Waals surface area contributed by atoms with Gasteiger partial charge in [-0.2, -0.15) is 0 Å². The molecule has 0 bridgehead atoms. The Kier molecular flexibility index (Phi) is 4.22. The second-order valence-electron chi connectivity index (χ2n) is 6.85. The van der Waals surface area contributed by atoms with E-state index in [1.807, 2.05) is 12.4 Å². The van der Waals surface area contributed by atoms with E-state index < -0.39 is 0 Å². The number of rotatable bonds is 3. The number of aromatic amines is 1. The van der Waals surface area contributed by atoms with E-state index in [1.54, 1.807) is 0 Å². The van der Waals surface area contributed by atoms with Crippen molar-refractivity contribution in [3.8, 4) is 0 Å². The van der Waals surface area contributed by atoms with Gasteiger partial charge < -0.3 is 20.9 Å². The van der Waals surface area contributed by atoms with Crippen LogP contribution < -0.4 is 16.0 Å². The van der Waals surface area contributed by atoms with Crippen molar-refractivity contribution in [1.29, 1.82) is 0 Å². The van der Waals surface area contributed by atoms with Crippen LogP contribution in [0.1, 0.15) is 32.1 Å². The second kappa shape index (κ2) is 6.37. The summed E-state index contributed by atoms with van der Waals surface area (Å²) in [6.07, 6.45) is 8.97. The van der Waals surface area contributed by atoms with Crippen molar-refractivity contribution in [2.45, 2.75) is 38.1 Å². The highest BCUT2D eigenvalue weighted by Gasteiger charge is 2.31. The summed E-state index contributed by atoms with van der Waals surface area (Å²) in [5, 5.41) is 4.04. The first-order valence-electron chi connectivity index (χ1n) is 8.60. The minimum absolute atomic E-state index is 0.106. The summed E-state index contributed by atoms with van der Waals surface area (Å²) in [6, 6.07) is 0.172. The van der Waals surface area contributed by atoms with E-state index >= 15 is 0 Å². The van der Waals surface area contributed by atoms with Crippen LogP contribution in [0.5, 0.6) is 0 Å². The van der Waals surface area contributed by atoms with Gasteiger partial charge in [0.15, 0.2) is 0 Å². The third-order valence-corrected chi connectivity index (χ3v) is 5.44. The standard InChI is InChI=1S/C17H22BrN5O/c18-12-7-20-16-14(13(8-21-16)22-17(24)10-4-5-10)15(12)23-6-2-1-3-11(19)9-23/h7-8,10-11H,1-6,9,19H2,(H,20,21)(H,22,24)/t11-/m0/s1. The SMILES string of the molecule is N[C@H]1CCCCN(c2c(Br)cnc3[nH]cc(NC(=O)C4CC4)c23)C1. The number of anilines is 2. The molecule has 2 aromatic rings. The van der Waals surface area contributed by atoms with Gasteiger partial charge in [-0.15, -0.1) is 0 Å². The average Bonchev–Trinajstić information content (AvgIpc) is 3.35. The number of nitrogens with zero attached hydrogens (tertiary/aromatic N) is 2. The number of fused-ring (bicyclic) bond motifs is 1. The van der Waals surface area contributed by atoms with Crippen molar-refractivity contribution in [3.63, 3.8) is 0 Å². The molecule has 2 fully saturated rings. The molecule has 2 aromatic heterocycles. The Morgan fingerprint density at radius 3 is 3.00 bits per heavy atom. The van der Waals surface area contributed by atoms with Gasteiger partial charge >= 0.3 is 0 Å². The fraction of sp³-hybridized carbons (Fsp3) is 0.529. The van der Waals surface area contributed by atoms with Crippen LogP contribution in [0.4, 0.5) is 11.4 Å². The van der Waals surface area contributed by atoms with Crippen molar-refractivity contribution >= 4 is 44.2 Å². The van der Waals surface area contributed by atoms with Crippen LogP contribution in [0, 0.1) is 5.92 Å². The zero-order chi connectivity index (χ0) is 16.7. The van der Waals surface area contributed by atoms with Crippen LogP contribution in [-0.2, 0) is 4.79 Å². The largest absolute Gasteiger partial charge is 0.368 e. The molecule has 4 N–H and O–H groups in total. The van der Waals surface area contributed by atoms with Gasteiger partial charge in [-0.05, 0) is 41.6 Å². The summed E-state index contributed by atoms with van der Waals surface area (Å²) in [5.41, 5.74) is 8.92. The molecule has 0 unspecified atom stereocenters. The van der Waals surface area contributed by atoms with E-state index in [9.17, 15) is 4.79 Å². The Bertz CT molecular complexity index is 770. The molecule has 3 heterocycles. The molecule has 1 atom stereocenters. The third kappa shape index (κ3) is 3.02. The van der Waals surface area contributed by atoms with Crippen LogP contribution >= 0.6 is 15.9 Å².